The number of hydrogen-bond donors (Lipinski definition) is 1. The van der Waals surface area contributed by atoms with Gasteiger partial charge in [-0.2, -0.15) is 0 Å². The Morgan fingerprint density at radius 2 is 1.95 bits per heavy atom. The molecule has 1 aromatic carbocycles. The quantitative estimate of drug-likeness (QED) is 0.851. The van der Waals surface area contributed by atoms with Crippen molar-refractivity contribution in [3.63, 3.8) is 0 Å². The third-order valence-electron chi connectivity index (χ3n) is 2.84. The fourth-order valence-corrected chi connectivity index (χ4v) is 1.93. The lowest BCUT2D eigenvalue weighted by Gasteiger charge is -2.20. The van der Waals surface area contributed by atoms with Crippen LogP contribution in [0.3, 0.4) is 0 Å². The normalized spacial score (nSPS) is 14.5. The summed E-state index contributed by atoms with van der Waals surface area (Å²) in [6, 6.07) is 5.68. The molecule has 1 aromatic rings. The van der Waals surface area contributed by atoms with E-state index < -0.39 is 0 Å². The Morgan fingerprint density at radius 1 is 1.26 bits per heavy atom. The molecule has 1 aliphatic heterocycles. The van der Waals surface area contributed by atoms with E-state index >= 15 is 0 Å². The molecule has 1 amide bonds. The largest absolute Gasteiger partial charge is 0.486 e. The molecule has 0 radical (unpaired) electrons. The van der Waals surface area contributed by atoms with Crippen LogP contribution in [0.4, 0.5) is 0 Å². The molecule has 1 unspecified atom stereocenters. The summed E-state index contributed by atoms with van der Waals surface area (Å²) in [6.07, 6.45) is 1.59. The third kappa shape index (κ3) is 3.50. The number of allylic oxidation sites excluding steroid dienone is 1. The zero-order chi connectivity index (χ0) is 13.8. The van der Waals surface area contributed by atoms with Gasteiger partial charge in [0.05, 0.1) is 6.04 Å². The Morgan fingerprint density at radius 3 is 2.63 bits per heavy atom. The van der Waals surface area contributed by atoms with Crippen molar-refractivity contribution >= 4 is 5.91 Å². The van der Waals surface area contributed by atoms with E-state index in [1.165, 1.54) is 0 Å². The van der Waals surface area contributed by atoms with E-state index in [4.69, 9.17) is 9.47 Å². The molecular formula is C15H19NO3. The number of benzene rings is 1. The van der Waals surface area contributed by atoms with Crippen LogP contribution < -0.4 is 14.8 Å². The van der Waals surface area contributed by atoms with Gasteiger partial charge >= 0.3 is 0 Å². The highest BCUT2D eigenvalue weighted by atomic mass is 16.6. The first-order valence-electron chi connectivity index (χ1n) is 6.41. The Hall–Kier alpha value is -1.97. The van der Waals surface area contributed by atoms with Crippen LogP contribution in [-0.4, -0.2) is 19.1 Å². The maximum atomic E-state index is 11.7. The molecule has 1 atom stereocenters. The monoisotopic (exact) mass is 261 g/mol. The topological polar surface area (TPSA) is 47.6 Å². The van der Waals surface area contributed by atoms with Crippen molar-refractivity contribution in [2.75, 3.05) is 13.2 Å². The van der Waals surface area contributed by atoms with Crippen LogP contribution in [0.5, 0.6) is 11.5 Å². The van der Waals surface area contributed by atoms with Gasteiger partial charge in [-0.15, -0.1) is 0 Å². The zero-order valence-electron chi connectivity index (χ0n) is 11.5. The predicted molar refractivity (Wildman–Crippen MR) is 73.4 cm³/mol. The first-order valence-corrected chi connectivity index (χ1v) is 6.41. The minimum absolute atomic E-state index is 0.0704. The van der Waals surface area contributed by atoms with Crippen molar-refractivity contribution in [1.82, 2.24) is 5.32 Å². The minimum Gasteiger partial charge on any atom is -0.486 e. The number of fused-ring (bicyclic) bond motifs is 1. The summed E-state index contributed by atoms with van der Waals surface area (Å²) >= 11 is 0. The number of nitrogens with one attached hydrogen (secondary N) is 1. The van der Waals surface area contributed by atoms with E-state index in [1.807, 2.05) is 39.0 Å². The molecule has 0 bridgehead atoms. The Kier molecular flexibility index (Phi) is 4.10. The maximum Gasteiger partial charge on any atom is 0.244 e. The zero-order valence-corrected chi connectivity index (χ0v) is 11.5. The molecule has 2 rings (SSSR count). The molecule has 0 aliphatic carbocycles. The molecule has 102 valence electrons. The van der Waals surface area contributed by atoms with Gasteiger partial charge in [0.25, 0.3) is 0 Å². The van der Waals surface area contributed by atoms with Gasteiger partial charge in [-0.05, 0) is 38.5 Å². The van der Waals surface area contributed by atoms with Crippen molar-refractivity contribution in [1.29, 1.82) is 0 Å². The fourth-order valence-electron chi connectivity index (χ4n) is 1.93. The van der Waals surface area contributed by atoms with Crippen LogP contribution in [0.15, 0.2) is 29.8 Å². The van der Waals surface area contributed by atoms with Crippen molar-refractivity contribution in [2.45, 2.75) is 26.8 Å². The highest BCUT2D eigenvalue weighted by Gasteiger charge is 2.15. The van der Waals surface area contributed by atoms with E-state index in [0.717, 1.165) is 22.6 Å². The van der Waals surface area contributed by atoms with E-state index in [-0.39, 0.29) is 11.9 Å². The lowest BCUT2D eigenvalue weighted by molar-refractivity contribution is -0.117. The van der Waals surface area contributed by atoms with E-state index in [2.05, 4.69) is 5.32 Å². The second kappa shape index (κ2) is 5.78. The molecule has 19 heavy (non-hydrogen) atoms. The number of carbonyl (C=O) groups excluding carboxylic acids is 1. The van der Waals surface area contributed by atoms with Gasteiger partial charge in [-0.3, -0.25) is 4.79 Å². The molecular weight excluding hydrogens is 242 g/mol. The van der Waals surface area contributed by atoms with E-state index in [9.17, 15) is 4.79 Å². The smallest absolute Gasteiger partial charge is 0.244 e. The number of ether oxygens (including phenoxy) is 2. The van der Waals surface area contributed by atoms with Gasteiger partial charge in [-0.1, -0.05) is 11.6 Å². The molecule has 0 aromatic heterocycles. The predicted octanol–water partition coefficient (Wildman–Crippen LogP) is 2.60. The second-order valence-corrected chi connectivity index (χ2v) is 4.86. The maximum absolute atomic E-state index is 11.7. The van der Waals surface area contributed by atoms with Gasteiger partial charge in [0.1, 0.15) is 13.2 Å². The summed E-state index contributed by atoms with van der Waals surface area (Å²) in [5.74, 6) is 1.42. The van der Waals surface area contributed by atoms with Crippen LogP contribution in [-0.2, 0) is 4.79 Å². The summed E-state index contributed by atoms with van der Waals surface area (Å²) in [6.45, 7) is 6.89. The molecule has 4 nitrogen and oxygen atoms in total. The average molecular weight is 261 g/mol. The van der Waals surface area contributed by atoms with Gasteiger partial charge in [0.2, 0.25) is 5.91 Å². The molecule has 0 spiro atoms. The van der Waals surface area contributed by atoms with Crippen LogP contribution in [0.25, 0.3) is 0 Å². The SMILES string of the molecule is CC(C)=CC(=O)NC(C)c1ccc2c(c1)OCCO2. The third-order valence-corrected chi connectivity index (χ3v) is 2.84. The number of amides is 1. The number of hydrogen-bond acceptors (Lipinski definition) is 3. The first kappa shape index (κ1) is 13.5. The van der Waals surface area contributed by atoms with E-state index in [0.29, 0.717) is 13.2 Å². The van der Waals surface area contributed by atoms with Crippen molar-refractivity contribution < 1.29 is 14.3 Å². The Labute approximate surface area is 113 Å². The second-order valence-electron chi connectivity index (χ2n) is 4.86. The Balaban J connectivity index is 2.09. The molecule has 0 saturated heterocycles. The highest BCUT2D eigenvalue weighted by molar-refractivity contribution is 5.88. The summed E-state index contributed by atoms with van der Waals surface area (Å²) in [4.78, 5) is 11.7. The molecule has 0 fully saturated rings. The molecule has 0 saturated carbocycles. The average Bonchev–Trinajstić information content (AvgIpc) is 2.37. The Bertz CT molecular complexity index is 504. The molecule has 1 aliphatic rings. The minimum atomic E-state index is -0.0811. The summed E-state index contributed by atoms with van der Waals surface area (Å²) < 4.78 is 11.0. The summed E-state index contributed by atoms with van der Waals surface area (Å²) in [5, 5.41) is 2.92. The summed E-state index contributed by atoms with van der Waals surface area (Å²) in [5.41, 5.74) is 1.98. The van der Waals surface area contributed by atoms with Gasteiger partial charge in [0.15, 0.2) is 11.5 Å². The van der Waals surface area contributed by atoms with Crippen LogP contribution >= 0.6 is 0 Å². The van der Waals surface area contributed by atoms with E-state index in [1.54, 1.807) is 6.08 Å². The molecule has 1 N–H and O–H groups in total. The van der Waals surface area contributed by atoms with Crippen molar-refractivity contribution in [3.8, 4) is 11.5 Å². The van der Waals surface area contributed by atoms with Crippen molar-refractivity contribution in [2.24, 2.45) is 0 Å². The summed E-state index contributed by atoms with van der Waals surface area (Å²) in [7, 11) is 0. The molecule has 1 heterocycles. The fraction of sp³-hybridized carbons (Fsp3) is 0.400. The lowest BCUT2D eigenvalue weighted by atomic mass is 10.1. The standard InChI is InChI=1S/C15H19NO3/c1-10(2)8-15(17)16-11(3)12-4-5-13-14(9-12)19-7-6-18-13/h4-5,8-9,11H,6-7H2,1-3H3,(H,16,17). The number of carbonyl (C=O) groups is 1. The van der Waals surface area contributed by atoms with Crippen LogP contribution in [0.2, 0.25) is 0 Å². The lowest BCUT2D eigenvalue weighted by Crippen LogP contribution is -2.25. The first-order chi connectivity index (χ1) is 9.06. The number of rotatable bonds is 3. The van der Waals surface area contributed by atoms with Gasteiger partial charge < -0.3 is 14.8 Å². The van der Waals surface area contributed by atoms with Crippen molar-refractivity contribution in [3.05, 3.63) is 35.4 Å². The van der Waals surface area contributed by atoms with Crippen LogP contribution in [0.1, 0.15) is 32.4 Å². The van der Waals surface area contributed by atoms with Crippen LogP contribution in [0, 0.1) is 0 Å². The highest BCUT2D eigenvalue weighted by Crippen LogP contribution is 2.32. The molecule has 4 heteroatoms. The van der Waals surface area contributed by atoms with Gasteiger partial charge in [-0.25, -0.2) is 0 Å². The van der Waals surface area contributed by atoms with Gasteiger partial charge in [0, 0.05) is 6.08 Å².